The van der Waals surface area contributed by atoms with Gasteiger partial charge in [-0.25, -0.2) is 0 Å². The average molecular weight is 314 g/mol. The molecule has 0 bridgehead atoms. The second kappa shape index (κ2) is 5.18. The molecule has 1 aliphatic rings. The molecule has 0 aromatic heterocycles. The molecule has 5 heteroatoms. The van der Waals surface area contributed by atoms with Crippen LogP contribution in [0, 0.1) is 5.92 Å². The number of rotatable bonds is 1. The molecule has 2 rings (SSSR count). The van der Waals surface area contributed by atoms with Crippen molar-refractivity contribution < 1.29 is 15.0 Å². The van der Waals surface area contributed by atoms with Gasteiger partial charge in [0.1, 0.15) is 0 Å². The third-order valence-electron chi connectivity index (χ3n) is 3.40. The molecule has 98 valence electrons. The summed E-state index contributed by atoms with van der Waals surface area (Å²) in [6, 6.07) is 4.44. The Morgan fingerprint density at radius 3 is 2.83 bits per heavy atom. The Morgan fingerprint density at radius 1 is 1.44 bits per heavy atom. The summed E-state index contributed by atoms with van der Waals surface area (Å²) < 4.78 is 0. The van der Waals surface area contributed by atoms with Gasteiger partial charge in [0.15, 0.2) is 11.5 Å². The molecule has 1 amide bonds. The summed E-state index contributed by atoms with van der Waals surface area (Å²) >= 11 is 3.56. The van der Waals surface area contributed by atoms with E-state index >= 15 is 0 Å². The molecule has 2 atom stereocenters. The largest absolute Gasteiger partial charge is 0.504 e. The normalized spacial score (nSPS) is 24.0. The monoisotopic (exact) mass is 313 g/mol. The Kier molecular flexibility index (Phi) is 3.80. The fourth-order valence-corrected chi connectivity index (χ4v) is 2.69. The Balaban J connectivity index is 2.19. The van der Waals surface area contributed by atoms with Gasteiger partial charge in [-0.15, -0.1) is 0 Å². The second-order valence-corrected chi connectivity index (χ2v) is 5.88. The van der Waals surface area contributed by atoms with Crippen molar-refractivity contribution in [3.05, 3.63) is 23.8 Å². The number of halogens is 1. The summed E-state index contributed by atoms with van der Waals surface area (Å²) in [6.07, 6.45) is 0.932. The first-order valence-electron chi connectivity index (χ1n) is 5.95. The highest BCUT2D eigenvalue weighted by atomic mass is 79.9. The van der Waals surface area contributed by atoms with E-state index in [1.54, 1.807) is 11.0 Å². The van der Waals surface area contributed by atoms with Gasteiger partial charge in [-0.1, -0.05) is 28.9 Å². The van der Waals surface area contributed by atoms with Gasteiger partial charge in [-0.3, -0.25) is 4.79 Å². The summed E-state index contributed by atoms with van der Waals surface area (Å²) in [5.41, 5.74) is 0.157. The molecule has 18 heavy (non-hydrogen) atoms. The number of hydrogen-bond acceptors (Lipinski definition) is 3. The van der Waals surface area contributed by atoms with Crippen molar-refractivity contribution in [1.29, 1.82) is 0 Å². The number of carbonyl (C=O) groups excluding carboxylic acids is 1. The van der Waals surface area contributed by atoms with Gasteiger partial charge in [0.25, 0.3) is 5.91 Å². The molecule has 2 N–H and O–H groups in total. The van der Waals surface area contributed by atoms with Gasteiger partial charge in [0.05, 0.1) is 5.56 Å². The van der Waals surface area contributed by atoms with Gasteiger partial charge < -0.3 is 15.1 Å². The van der Waals surface area contributed by atoms with Gasteiger partial charge in [0.2, 0.25) is 0 Å². The van der Waals surface area contributed by atoms with Gasteiger partial charge in [-0.05, 0) is 24.5 Å². The quantitative estimate of drug-likeness (QED) is 0.618. The number of phenolic OH excluding ortho intramolecular Hbond substituents is 2. The lowest BCUT2D eigenvalue weighted by Gasteiger charge is -2.34. The number of para-hydroxylation sites is 1. The van der Waals surface area contributed by atoms with Crippen LogP contribution in [0.1, 0.15) is 23.7 Å². The number of piperidine rings is 1. The lowest BCUT2D eigenvalue weighted by Crippen LogP contribution is -2.43. The van der Waals surface area contributed by atoms with E-state index in [2.05, 4.69) is 22.9 Å². The maximum atomic E-state index is 12.3. The van der Waals surface area contributed by atoms with Crippen LogP contribution in [0.3, 0.4) is 0 Å². The van der Waals surface area contributed by atoms with Crippen LogP contribution in [0.15, 0.2) is 18.2 Å². The number of hydrogen-bond donors (Lipinski definition) is 2. The molecule has 2 unspecified atom stereocenters. The van der Waals surface area contributed by atoms with Crippen molar-refractivity contribution in [2.24, 2.45) is 5.92 Å². The zero-order valence-electron chi connectivity index (χ0n) is 10.1. The van der Waals surface area contributed by atoms with E-state index in [0.29, 0.717) is 19.0 Å². The van der Waals surface area contributed by atoms with E-state index in [1.165, 1.54) is 12.1 Å². The zero-order chi connectivity index (χ0) is 13.3. The summed E-state index contributed by atoms with van der Waals surface area (Å²) in [4.78, 5) is 14.2. The molecule has 0 radical (unpaired) electrons. The molecule has 1 aromatic rings. The molecule has 0 aliphatic carbocycles. The lowest BCUT2D eigenvalue weighted by atomic mass is 9.98. The maximum Gasteiger partial charge on any atom is 0.257 e. The van der Waals surface area contributed by atoms with Crippen LogP contribution in [0.2, 0.25) is 0 Å². The number of aromatic hydroxyl groups is 2. The molecule has 1 heterocycles. The van der Waals surface area contributed by atoms with E-state index in [4.69, 9.17) is 0 Å². The lowest BCUT2D eigenvalue weighted by molar-refractivity contribution is 0.0702. The van der Waals surface area contributed by atoms with Gasteiger partial charge >= 0.3 is 0 Å². The van der Waals surface area contributed by atoms with Crippen LogP contribution in [-0.2, 0) is 0 Å². The summed E-state index contributed by atoms with van der Waals surface area (Å²) in [6.45, 7) is 3.44. The highest BCUT2D eigenvalue weighted by Crippen LogP contribution is 2.31. The van der Waals surface area contributed by atoms with Crippen LogP contribution >= 0.6 is 15.9 Å². The Hall–Kier alpha value is -1.23. The minimum Gasteiger partial charge on any atom is -0.504 e. The van der Waals surface area contributed by atoms with Gasteiger partial charge in [0, 0.05) is 17.9 Å². The summed E-state index contributed by atoms with van der Waals surface area (Å²) in [5.74, 6) is -0.305. The third kappa shape index (κ3) is 2.46. The van der Waals surface area contributed by atoms with E-state index in [0.717, 1.165) is 6.42 Å². The predicted octanol–water partition coefficient (Wildman–Crippen LogP) is 2.34. The molecule has 1 fully saturated rings. The minimum absolute atomic E-state index is 0.157. The van der Waals surface area contributed by atoms with Crippen molar-refractivity contribution in [3.8, 4) is 11.5 Å². The number of alkyl halides is 1. The number of amides is 1. The van der Waals surface area contributed by atoms with Crippen LogP contribution < -0.4 is 0 Å². The number of carbonyl (C=O) groups is 1. The molecule has 0 spiro atoms. The maximum absolute atomic E-state index is 12.3. The van der Waals surface area contributed by atoms with Crippen molar-refractivity contribution in [2.45, 2.75) is 18.2 Å². The fraction of sp³-hybridized carbons (Fsp3) is 0.462. The Morgan fingerprint density at radius 2 is 2.17 bits per heavy atom. The summed E-state index contributed by atoms with van der Waals surface area (Å²) in [7, 11) is 0. The molecular weight excluding hydrogens is 298 g/mol. The van der Waals surface area contributed by atoms with Gasteiger partial charge in [-0.2, -0.15) is 0 Å². The Labute approximate surface area is 114 Å². The molecule has 1 aliphatic heterocycles. The van der Waals surface area contributed by atoms with E-state index < -0.39 is 0 Å². The SMILES string of the molecule is CC1CCN(C(=O)c2cccc(O)c2O)CC1Br. The minimum atomic E-state index is -0.341. The number of benzene rings is 1. The van der Waals surface area contributed by atoms with Crippen LogP contribution in [-0.4, -0.2) is 38.9 Å². The zero-order valence-corrected chi connectivity index (χ0v) is 11.7. The fourth-order valence-electron chi connectivity index (χ4n) is 2.08. The second-order valence-electron chi connectivity index (χ2n) is 4.71. The smallest absolute Gasteiger partial charge is 0.257 e. The predicted molar refractivity (Wildman–Crippen MR) is 72.2 cm³/mol. The highest BCUT2D eigenvalue weighted by Gasteiger charge is 2.29. The average Bonchev–Trinajstić information content (AvgIpc) is 2.35. The molecule has 4 nitrogen and oxygen atoms in total. The first-order chi connectivity index (χ1) is 8.50. The highest BCUT2D eigenvalue weighted by molar-refractivity contribution is 9.09. The van der Waals surface area contributed by atoms with Crippen LogP contribution in [0.4, 0.5) is 0 Å². The number of likely N-dealkylation sites (tertiary alicyclic amines) is 1. The van der Waals surface area contributed by atoms with Crippen LogP contribution in [0.25, 0.3) is 0 Å². The van der Waals surface area contributed by atoms with E-state index in [1.807, 2.05) is 0 Å². The van der Waals surface area contributed by atoms with E-state index in [9.17, 15) is 15.0 Å². The Bertz CT molecular complexity index is 464. The van der Waals surface area contributed by atoms with Crippen molar-refractivity contribution in [3.63, 3.8) is 0 Å². The summed E-state index contributed by atoms with van der Waals surface area (Å²) in [5, 5.41) is 19.1. The number of nitrogens with zero attached hydrogens (tertiary/aromatic N) is 1. The molecule has 1 saturated heterocycles. The number of phenols is 2. The standard InChI is InChI=1S/C13H16BrNO3/c1-8-5-6-15(7-10(8)14)13(18)9-3-2-4-11(16)12(9)17/h2-4,8,10,16-17H,5-7H2,1H3. The van der Waals surface area contributed by atoms with Crippen molar-refractivity contribution in [1.82, 2.24) is 4.90 Å². The van der Waals surface area contributed by atoms with Crippen LogP contribution in [0.5, 0.6) is 11.5 Å². The molecule has 1 aromatic carbocycles. The first-order valence-corrected chi connectivity index (χ1v) is 6.86. The molecule has 0 saturated carbocycles. The van der Waals surface area contributed by atoms with Crippen molar-refractivity contribution >= 4 is 21.8 Å². The first kappa shape index (κ1) is 13.2. The topological polar surface area (TPSA) is 60.8 Å². The van der Waals surface area contributed by atoms with E-state index in [-0.39, 0.29) is 27.8 Å². The third-order valence-corrected chi connectivity index (χ3v) is 4.59. The molecular formula is C13H16BrNO3. The van der Waals surface area contributed by atoms with Crippen molar-refractivity contribution in [2.75, 3.05) is 13.1 Å².